The van der Waals surface area contributed by atoms with Gasteiger partial charge in [-0.05, 0) is 51.1 Å². The van der Waals surface area contributed by atoms with Crippen LogP contribution in [-0.2, 0) is 5.75 Å². The van der Waals surface area contributed by atoms with Crippen molar-refractivity contribution in [3.8, 4) is 11.4 Å². The first-order valence-electron chi connectivity index (χ1n) is 8.84. The molecular formula is C19H22N6O2S. The van der Waals surface area contributed by atoms with Crippen molar-refractivity contribution in [1.29, 1.82) is 0 Å². The maximum Gasteiger partial charge on any atom is 0.273 e. The average Bonchev–Trinajstić information content (AvgIpc) is 3.10. The minimum absolute atomic E-state index is 0.251. The van der Waals surface area contributed by atoms with E-state index in [0.717, 1.165) is 22.8 Å². The molecule has 2 aromatic heterocycles. The molecule has 0 saturated heterocycles. The Labute approximate surface area is 167 Å². The van der Waals surface area contributed by atoms with Gasteiger partial charge in [0.15, 0.2) is 10.9 Å². The number of carbonyl (C=O) groups excluding carboxylic acids is 1. The lowest BCUT2D eigenvalue weighted by Crippen LogP contribution is -2.24. The number of carbonyl (C=O) groups is 1. The molecule has 0 aliphatic carbocycles. The van der Waals surface area contributed by atoms with Crippen molar-refractivity contribution in [2.75, 3.05) is 13.7 Å². The Morgan fingerprint density at radius 3 is 2.46 bits per heavy atom. The number of aryl methyl sites for hydroxylation is 2. The van der Waals surface area contributed by atoms with Gasteiger partial charge >= 0.3 is 0 Å². The number of hydrogen-bond donors (Lipinski definition) is 1. The number of methoxy groups -OCH3 is 1. The monoisotopic (exact) mass is 398 g/mol. The second-order valence-electron chi connectivity index (χ2n) is 6.08. The van der Waals surface area contributed by atoms with Crippen LogP contribution in [0.3, 0.4) is 0 Å². The lowest BCUT2D eigenvalue weighted by atomic mass is 10.2. The number of aromatic nitrogens is 5. The molecule has 28 heavy (non-hydrogen) atoms. The quantitative estimate of drug-likeness (QED) is 0.483. The summed E-state index contributed by atoms with van der Waals surface area (Å²) >= 11 is 1.44. The minimum atomic E-state index is -0.251. The fraction of sp³-hybridized carbons (Fsp3) is 0.316. The highest BCUT2D eigenvalue weighted by Gasteiger charge is 2.21. The van der Waals surface area contributed by atoms with Crippen molar-refractivity contribution in [1.82, 2.24) is 30.3 Å². The van der Waals surface area contributed by atoms with E-state index in [1.54, 1.807) is 11.8 Å². The van der Waals surface area contributed by atoms with Crippen LogP contribution in [0.1, 0.15) is 34.5 Å². The molecule has 0 unspecified atom stereocenters. The Balaban J connectivity index is 1.95. The molecule has 146 valence electrons. The molecule has 0 fully saturated rings. The van der Waals surface area contributed by atoms with Gasteiger partial charge in [0.25, 0.3) is 5.91 Å². The van der Waals surface area contributed by atoms with Crippen LogP contribution in [0.5, 0.6) is 5.75 Å². The Morgan fingerprint density at radius 2 is 1.86 bits per heavy atom. The topological polar surface area (TPSA) is 94.8 Å². The van der Waals surface area contributed by atoms with Crippen molar-refractivity contribution in [3.05, 3.63) is 53.1 Å². The molecule has 3 aromatic rings. The lowest BCUT2D eigenvalue weighted by Gasteiger charge is -2.09. The predicted molar refractivity (Wildman–Crippen MR) is 107 cm³/mol. The van der Waals surface area contributed by atoms with E-state index in [0.29, 0.717) is 28.8 Å². The summed E-state index contributed by atoms with van der Waals surface area (Å²) in [4.78, 5) is 21.4. The zero-order valence-electron chi connectivity index (χ0n) is 16.3. The van der Waals surface area contributed by atoms with Crippen LogP contribution >= 0.6 is 11.8 Å². The van der Waals surface area contributed by atoms with Gasteiger partial charge in [-0.25, -0.2) is 14.6 Å². The molecule has 0 atom stereocenters. The summed E-state index contributed by atoms with van der Waals surface area (Å²) in [5.74, 6) is 0.945. The highest BCUT2D eigenvalue weighted by molar-refractivity contribution is 7.98. The highest BCUT2D eigenvalue weighted by Crippen LogP contribution is 2.24. The van der Waals surface area contributed by atoms with Crippen LogP contribution in [0.2, 0.25) is 0 Å². The zero-order valence-corrected chi connectivity index (χ0v) is 17.1. The fourth-order valence-electron chi connectivity index (χ4n) is 2.67. The predicted octanol–water partition coefficient (Wildman–Crippen LogP) is 2.72. The molecule has 2 heterocycles. The molecule has 0 aliphatic rings. The maximum absolute atomic E-state index is 12.4. The molecular weight excluding hydrogens is 376 g/mol. The van der Waals surface area contributed by atoms with Crippen molar-refractivity contribution >= 4 is 17.7 Å². The molecule has 9 heteroatoms. The van der Waals surface area contributed by atoms with Gasteiger partial charge in [-0.1, -0.05) is 17.0 Å². The maximum atomic E-state index is 12.4. The number of hydrogen-bond acceptors (Lipinski definition) is 7. The van der Waals surface area contributed by atoms with Crippen LogP contribution < -0.4 is 10.1 Å². The van der Waals surface area contributed by atoms with Gasteiger partial charge < -0.3 is 10.1 Å². The molecule has 1 amide bonds. The Morgan fingerprint density at radius 1 is 1.18 bits per heavy atom. The first-order valence-corrected chi connectivity index (χ1v) is 9.82. The van der Waals surface area contributed by atoms with Gasteiger partial charge in [-0.2, -0.15) is 0 Å². The second kappa shape index (κ2) is 8.83. The number of amides is 1. The van der Waals surface area contributed by atoms with Crippen molar-refractivity contribution < 1.29 is 9.53 Å². The summed E-state index contributed by atoms with van der Waals surface area (Å²) < 4.78 is 6.87. The van der Waals surface area contributed by atoms with Crippen LogP contribution in [0, 0.1) is 13.8 Å². The average molecular weight is 398 g/mol. The summed E-state index contributed by atoms with van der Waals surface area (Å²) in [5, 5.41) is 11.8. The van der Waals surface area contributed by atoms with Crippen molar-refractivity contribution in [3.63, 3.8) is 0 Å². The van der Waals surface area contributed by atoms with Crippen molar-refractivity contribution in [2.45, 2.75) is 31.7 Å². The van der Waals surface area contributed by atoms with Gasteiger partial charge in [-0.15, -0.1) is 5.10 Å². The minimum Gasteiger partial charge on any atom is -0.497 e. The first kappa shape index (κ1) is 19.8. The third-order valence-electron chi connectivity index (χ3n) is 3.93. The second-order valence-corrected chi connectivity index (χ2v) is 7.02. The normalized spacial score (nSPS) is 10.7. The Bertz CT molecular complexity index is 951. The van der Waals surface area contributed by atoms with Gasteiger partial charge in [-0.3, -0.25) is 4.79 Å². The largest absolute Gasteiger partial charge is 0.497 e. The molecule has 8 nitrogen and oxygen atoms in total. The van der Waals surface area contributed by atoms with E-state index < -0.39 is 0 Å². The Hall–Kier alpha value is -2.94. The van der Waals surface area contributed by atoms with E-state index in [2.05, 4.69) is 25.6 Å². The molecule has 3 rings (SSSR count). The number of ether oxygens (including phenoxy) is 1. The molecule has 0 spiro atoms. The number of nitrogens with one attached hydrogen (secondary N) is 1. The molecule has 0 radical (unpaired) electrons. The lowest BCUT2D eigenvalue weighted by molar-refractivity contribution is 0.0950. The molecule has 0 bridgehead atoms. The van der Waals surface area contributed by atoms with E-state index in [-0.39, 0.29) is 5.91 Å². The summed E-state index contributed by atoms with van der Waals surface area (Å²) in [7, 11) is 1.61. The summed E-state index contributed by atoms with van der Waals surface area (Å²) in [6.07, 6.45) is 0. The molecule has 0 saturated carbocycles. The highest BCUT2D eigenvalue weighted by atomic mass is 32.2. The van der Waals surface area contributed by atoms with E-state index in [1.165, 1.54) is 11.8 Å². The summed E-state index contributed by atoms with van der Waals surface area (Å²) in [6, 6.07) is 9.35. The van der Waals surface area contributed by atoms with E-state index in [9.17, 15) is 4.79 Å². The standard InChI is InChI=1S/C19H22N6O2S/c1-5-20-18(26)17-16(11-28-19-21-12(2)10-13(3)22-19)25(24-23-17)14-6-8-15(27-4)9-7-14/h6-10H,5,11H2,1-4H3,(H,20,26). The fourth-order valence-corrected chi connectivity index (χ4v) is 3.62. The SMILES string of the molecule is CCNC(=O)c1nnn(-c2ccc(OC)cc2)c1CSc1nc(C)cc(C)n1. The third-order valence-corrected chi connectivity index (χ3v) is 4.79. The summed E-state index contributed by atoms with van der Waals surface area (Å²) in [5.41, 5.74) is 3.58. The molecule has 1 N–H and O–H groups in total. The molecule has 1 aromatic carbocycles. The summed E-state index contributed by atoms with van der Waals surface area (Å²) in [6.45, 7) is 6.24. The Kier molecular flexibility index (Phi) is 6.25. The van der Waals surface area contributed by atoms with Crippen LogP contribution in [0.15, 0.2) is 35.5 Å². The van der Waals surface area contributed by atoms with Crippen LogP contribution in [-0.4, -0.2) is 44.5 Å². The number of benzene rings is 1. The number of thioether (sulfide) groups is 1. The number of rotatable bonds is 7. The smallest absolute Gasteiger partial charge is 0.273 e. The number of nitrogens with zero attached hydrogens (tertiary/aromatic N) is 5. The van der Waals surface area contributed by atoms with Gasteiger partial charge in [0.2, 0.25) is 0 Å². The first-order chi connectivity index (χ1) is 13.5. The van der Waals surface area contributed by atoms with Gasteiger partial charge in [0.1, 0.15) is 5.75 Å². The van der Waals surface area contributed by atoms with E-state index in [4.69, 9.17) is 4.74 Å². The van der Waals surface area contributed by atoms with E-state index in [1.807, 2.05) is 51.1 Å². The molecule has 0 aliphatic heterocycles. The zero-order chi connectivity index (χ0) is 20.1. The van der Waals surface area contributed by atoms with Gasteiger partial charge in [0.05, 0.1) is 18.5 Å². The van der Waals surface area contributed by atoms with Crippen LogP contribution in [0.4, 0.5) is 0 Å². The third kappa shape index (κ3) is 4.48. The van der Waals surface area contributed by atoms with Crippen LogP contribution in [0.25, 0.3) is 5.69 Å². The van der Waals surface area contributed by atoms with E-state index >= 15 is 0 Å². The van der Waals surface area contributed by atoms with Crippen molar-refractivity contribution in [2.24, 2.45) is 0 Å². The van der Waals surface area contributed by atoms with Gasteiger partial charge in [0, 0.05) is 23.7 Å².